The second-order valence-corrected chi connectivity index (χ2v) is 3.87. The molecule has 0 unspecified atom stereocenters. The maximum absolute atomic E-state index is 13.3. The van der Waals surface area contributed by atoms with Gasteiger partial charge in [-0.3, -0.25) is 9.89 Å². The van der Waals surface area contributed by atoms with E-state index in [1.54, 1.807) is 13.1 Å². The zero-order chi connectivity index (χ0) is 13.1. The number of aromatic nitrogens is 2. The minimum atomic E-state index is -0.992. The fourth-order valence-electron chi connectivity index (χ4n) is 1.51. The molecule has 2 aromatic rings. The van der Waals surface area contributed by atoms with Crippen molar-refractivity contribution in [3.63, 3.8) is 0 Å². The molecule has 0 aliphatic carbocycles. The molecule has 0 atom stereocenters. The normalized spacial score (nSPS) is 10.4. The van der Waals surface area contributed by atoms with Gasteiger partial charge in [0.25, 0.3) is 0 Å². The number of nitrogens with zero attached hydrogens (tertiary/aromatic N) is 1. The maximum atomic E-state index is 13.3. The van der Waals surface area contributed by atoms with Crippen LogP contribution in [0.3, 0.4) is 0 Å². The van der Waals surface area contributed by atoms with Crippen molar-refractivity contribution < 1.29 is 13.6 Å². The van der Waals surface area contributed by atoms with E-state index in [1.165, 1.54) is 12.1 Å². The summed E-state index contributed by atoms with van der Waals surface area (Å²) in [5.41, 5.74) is 0.785. The third-order valence-corrected chi connectivity index (χ3v) is 2.48. The molecule has 6 heteroatoms. The Morgan fingerprint density at radius 3 is 2.89 bits per heavy atom. The molecule has 94 valence electrons. The Balaban J connectivity index is 2.08. The molecular weight excluding hydrogens is 240 g/mol. The maximum Gasteiger partial charge on any atom is 0.230 e. The van der Waals surface area contributed by atoms with Gasteiger partial charge >= 0.3 is 0 Å². The minimum absolute atomic E-state index is 0.0182. The van der Waals surface area contributed by atoms with Gasteiger partial charge in [-0.25, -0.2) is 8.78 Å². The second-order valence-electron chi connectivity index (χ2n) is 3.87. The average Bonchev–Trinajstić information content (AvgIpc) is 2.71. The molecule has 4 nitrogen and oxygen atoms in total. The predicted molar refractivity (Wildman–Crippen MR) is 62.0 cm³/mol. The minimum Gasteiger partial charge on any atom is -0.311 e. The van der Waals surface area contributed by atoms with Gasteiger partial charge in [-0.2, -0.15) is 5.10 Å². The number of amides is 1. The van der Waals surface area contributed by atoms with Crippen LogP contribution in [0.5, 0.6) is 0 Å². The second kappa shape index (κ2) is 4.95. The number of nitrogens with one attached hydrogen (secondary N) is 2. The number of carbonyl (C=O) groups is 1. The van der Waals surface area contributed by atoms with Gasteiger partial charge < -0.3 is 5.32 Å². The third kappa shape index (κ3) is 2.53. The standard InChI is InChI=1S/C12H11F2N3O/c1-7-6-15-17-12(7)16-10(18)5-8-3-2-4-9(13)11(8)14/h2-4,6H,5H2,1H3,(H2,15,16,17,18). The van der Waals surface area contributed by atoms with Crippen molar-refractivity contribution in [1.29, 1.82) is 0 Å². The van der Waals surface area contributed by atoms with E-state index in [4.69, 9.17) is 0 Å². The smallest absolute Gasteiger partial charge is 0.230 e. The molecule has 18 heavy (non-hydrogen) atoms. The Morgan fingerprint density at radius 2 is 2.22 bits per heavy atom. The van der Waals surface area contributed by atoms with Crippen LogP contribution in [0.4, 0.5) is 14.6 Å². The third-order valence-electron chi connectivity index (χ3n) is 2.48. The lowest BCUT2D eigenvalue weighted by Crippen LogP contribution is -2.16. The monoisotopic (exact) mass is 251 g/mol. The van der Waals surface area contributed by atoms with E-state index in [0.29, 0.717) is 5.82 Å². The van der Waals surface area contributed by atoms with Crippen LogP contribution in [0.25, 0.3) is 0 Å². The van der Waals surface area contributed by atoms with Crippen molar-refractivity contribution in [3.8, 4) is 0 Å². The average molecular weight is 251 g/mol. The Labute approximate surface area is 102 Å². The van der Waals surface area contributed by atoms with Gasteiger partial charge in [0.1, 0.15) is 5.82 Å². The summed E-state index contributed by atoms with van der Waals surface area (Å²) in [7, 11) is 0. The number of hydrogen-bond donors (Lipinski definition) is 2. The lowest BCUT2D eigenvalue weighted by Gasteiger charge is -2.05. The first-order chi connectivity index (χ1) is 8.58. The van der Waals surface area contributed by atoms with Gasteiger partial charge in [0.2, 0.25) is 5.91 Å². The van der Waals surface area contributed by atoms with Gasteiger partial charge in [-0.05, 0) is 13.0 Å². The SMILES string of the molecule is Cc1cn[nH]c1NC(=O)Cc1cccc(F)c1F. The molecule has 0 aliphatic rings. The topological polar surface area (TPSA) is 57.8 Å². The van der Waals surface area contributed by atoms with Crippen LogP contribution in [-0.4, -0.2) is 16.1 Å². The fourth-order valence-corrected chi connectivity index (χ4v) is 1.51. The molecule has 2 rings (SSSR count). The molecule has 0 aliphatic heterocycles. The van der Waals surface area contributed by atoms with Crippen LogP contribution >= 0.6 is 0 Å². The summed E-state index contributed by atoms with van der Waals surface area (Å²) < 4.78 is 26.3. The van der Waals surface area contributed by atoms with E-state index in [9.17, 15) is 13.6 Å². The highest BCUT2D eigenvalue weighted by atomic mass is 19.2. The van der Waals surface area contributed by atoms with Gasteiger partial charge in [0.15, 0.2) is 11.6 Å². The van der Waals surface area contributed by atoms with Crippen molar-refractivity contribution in [2.75, 3.05) is 5.32 Å². The van der Waals surface area contributed by atoms with Gasteiger partial charge in [0.05, 0.1) is 12.6 Å². The summed E-state index contributed by atoms with van der Waals surface area (Å²) in [6.07, 6.45) is 1.32. The molecule has 0 bridgehead atoms. The van der Waals surface area contributed by atoms with Crippen molar-refractivity contribution in [1.82, 2.24) is 10.2 Å². The van der Waals surface area contributed by atoms with Crippen LogP contribution in [-0.2, 0) is 11.2 Å². The number of benzene rings is 1. The summed E-state index contributed by atoms with van der Waals surface area (Å²) in [5, 5.41) is 8.88. The quantitative estimate of drug-likeness (QED) is 0.878. The molecule has 0 fully saturated rings. The molecule has 2 N–H and O–H groups in total. The number of halogens is 2. The van der Waals surface area contributed by atoms with E-state index in [-0.39, 0.29) is 12.0 Å². The van der Waals surface area contributed by atoms with E-state index in [0.717, 1.165) is 11.6 Å². The first-order valence-electron chi connectivity index (χ1n) is 5.30. The lowest BCUT2D eigenvalue weighted by molar-refractivity contribution is -0.115. The van der Waals surface area contributed by atoms with Gasteiger partial charge in [-0.15, -0.1) is 0 Å². The number of hydrogen-bond acceptors (Lipinski definition) is 2. The summed E-state index contributed by atoms with van der Waals surface area (Å²) in [4.78, 5) is 11.6. The van der Waals surface area contributed by atoms with E-state index in [2.05, 4.69) is 15.5 Å². The zero-order valence-corrected chi connectivity index (χ0v) is 9.63. The highest BCUT2D eigenvalue weighted by molar-refractivity contribution is 5.91. The zero-order valence-electron chi connectivity index (χ0n) is 9.63. The first kappa shape index (κ1) is 12.2. The number of rotatable bonds is 3. The van der Waals surface area contributed by atoms with Crippen LogP contribution < -0.4 is 5.32 Å². The molecule has 0 saturated carbocycles. The van der Waals surface area contributed by atoms with Crippen molar-refractivity contribution in [2.45, 2.75) is 13.3 Å². The number of aryl methyl sites for hydroxylation is 1. The van der Waals surface area contributed by atoms with Gasteiger partial charge in [0, 0.05) is 11.1 Å². The molecule has 1 amide bonds. The number of carbonyl (C=O) groups excluding carboxylic acids is 1. The first-order valence-corrected chi connectivity index (χ1v) is 5.30. The largest absolute Gasteiger partial charge is 0.311 e. The summed E-state index contributed by atoms with van der Waals surface area (Å²) >= 11 is 0. The molecule has 1 aromatic heterocycles. The van der Waals surface area contributed by atoms with Crippen molar-refractivity contribution in [2.24, 2.45) is 0 Å². The summed E-state index contributed by atoms with van der Waals surface area (Å²) in [6, 6.07) is 3.75. The molecule has 0 radical (unpaired) electrons. The molecule has 1 aromatic carbocycles. The molecular formula is C12H11F2N3O. The van der Waals surface area contributed by atoms with E-state index in [1.807, 2.05) is 0 Å². The van der Waals surface area contributed by atoms with Crippen LogP contribution in [0.2, 0.25) is 0 Å². The predicted octanol–water partition coefficient (Wildman–Crippen LogP) is 2.18. The molecule has 1 heterocycles. The van der Waals surface area contributed by atoms with Gasteiger partial charge in [-0.1, -0.05) is 12.1 Å². The van der Waals surface area contributed by atoms with E-state index >= 15 is 0 Å². The van der Waals surface area contributed by atoms with Crippen molar-refractivity contribution >= 4 is 11.7 Å². The Kier molecular flexibility index (Phi) is 3.36. The lowest BCUT2D eigenvalue weighted by atomic mass is 10.1. The number of aromatic amines is 1. The van der Waals surface area contributed by atoms with Crippen molar-refractivity contribution in [3.05, 3.63) is 47.2 Å². The number of anilines is 1. The number of H-pyrrole nitrogens is 1. The van der Waals surface area contributed by atoms with Crippen LogP contribution in [0, 0.1) is 18.6 Å². The highest BCUT2D eigenvalue weighted by Crippen LogP contribution is 2.13. The van der Waals surface area contributed by atoms with E-state index < -0.39 is 17.5 Å². The molecule has 0 spiro atoms. The fraction of sp³-hybridized carbons (Fsp3) is 0.167. The summed E-state index contributed by atoms with van der Waals surface area (Å²) in [5.74, 6) is -1.93. The van der Waals surface area contributed by atoms with Crippen LogP contribution in [0.1, 0.15) is 11.1 Å². The van der Waals surface area contributed by atoms with Crippen LogP contribution in [0.15, 0.2) is 24.4 Å². The highest BCUT2D eigenvalue weighted by Gasteiger charge is 2.12. The summed E-state index contributed by atoms with van der Waals surface area (Å²) in [6.45, 7) is 1.77. The Morgan fingerprint density at radius 1 is 1.44 bits per heavy atom. The molecule has 0 saturated heterocycles. The Bertz CT molecular complexity index is 580. The Hall–Kier alpha value is -2.24.